The number of amides is 1. The molecule has 6 nitrogen and oxygen atoms in total. The molecule has 0 bridgehead atoms. The van der Waals surface area contributed by atoms with E-state index in [4.69, 9.17) is 0 Å². The van der Waals surface area contributed by atoms with Crippen LogP contribution in [0.2, 0.25) is 0 Å². The normalized spacial score (nSPS) is 15.3. The number of benzene rings is 2. The van der Waals surface area contributed by atoms with Gasteiger partial charge in [-0.25, -0.2) is 8.42 Å². The zero-order valence-electron chi connectivity index (χ0n) is 18.5. The maximum atomic E-state index is 13.1. The Morgan fingerprint density at radius 1 is 1.03 bits per heavy atom. The van der Waals surface area contributed by atoms with Crippen LogP contribution in [0, 0.1) is 6.92 Å². The molecule has 1 saturated heterocycles. The lowest BCUT2D eigenvalue weighted by Crippen LogP contribution is -2.31. The Labute approximate surface area is 186 Å². The van der Waals surface area contributed by atoms with E-state index in [0.29, 0.717) is 17.8 Å². The maximum Gasteiger partial charge on any atom is 0.264 e. The summed E-state index contributed by atoms with van der Waals surface area (Å²) in [6, 6.07) is 13.6. The fourth-order valence-electron chi connectivity index (χ4n) is 3.97. The number of carbonyl (C=O) groups excluding carboxylic acids is 1. The molecule has 3 rings (SSSR count). The molecule has 1 fully saturated rings. The Morgan fingerprint density at radius 3 is 2.45 bits per heavy atom. The molecule has 168 valence electrons. The standard InChI is InChI=1S/C24H33N3O3S/c1-20-11-5-6-14-23(20)26(2)31(29,30)22-13-9-12-21(19-22)24(28)25-15-10-18-27-16-7-3-4-8-17-27/h5-6,9,11-14,19H,3-4,7-8,10,15-18H2,1-2H3,(H,25,28). The number of sulfonamides is 1. The monoisotopic (exact) mass is 443 g/mol. The Kier molecular flexibility index (Phi) is 8.09. The van der Waals surface area contributed by atoms with E-state index in [2.05, 4.69) is 10.2 Å². The summed E-state index contributed by atoms with van der Waals surface area (Å²) in [4.78, 5) is 15.2. The van der Waals surface area contributed by atoms with Crippen LogP contribution in [0.5, 0.6) is 0 Å². The number of nitrogens with one attached hydrogen (secondary N) is 1. The van der Waals surface area contributed by atoms with E-state index in [1.165, 1.54) is 49.2 Å². The van der Waals surface area contributed by atoms with Crippen LogP contribution in [0.1, 0.15) is 48.0 Å². The zero-order chi connectivity index (χ0) is 22.3. The molecular formula is C24H33N3O3S. The Morgan fingerprint density at radius 2 is 1.74 bits per heavy atom. The van der Waals surface area contributed by atoms with E-state index in [1.807, 2.05) is 25.1 Å². The van der Waals surface area contributed by atoms with Crippen LogP contribution in [0.4, 0.5) is 5.69 Å². The number of para-hydroxylation sites is 1. The van der Waals surface area contributed by atoms with Gasteiger partial charge in [0.25, 0.3) is 15.9 Å². The van der Waals surface area contributed by atoms with Crippen molar-refractivity contribution in [3.63, 3.8) is 0 Å². The second kappa shape index (κ2) is 10.8. The molecule has 0 saturated carbocycles. The smallest absolute Gasteiger partial charge is 0.264 e. The van der Waals surface area contributed by atoms with Crippen molar-refractivity contribution in [1.82, 2.24) is 10.2 Å². The van der Waals surface area contributed by atoms with E-state index >= 15 is 0 Å². The molecule has 7 heteroatoms. The molecule has 1 heterocycles. The molecule has 0 unspecified atom stereocenters. The van der Waals surface area contributed by atoms with Crippen LogP contribution in [-0.2, 0) is 10.0 Å². The summed E-state index contributed by atoms with van der Waals surface area (Å²) in [5, 5.41) is 2.93. The van der Waals surface area contributed by atoms with Crippen LogP contribution in [0.15, 0.2) is 53.4 Å². The average Bonchev–Trinajstić information content (AvgIpc) is 3.05. The van der Waals surface area contributed by atoms with Gasteiger partial charge in [-0.15, -0.1) is 0 Å². The third-order valence-corrected chi connectivity index (χ3v) is 7.61. The summed E-state index contributed by atoms with van der Waals surface area (Å²) >= 11 is 0. The lowest BCUT2D eigenvalue weighted by atomic mass is 10.2. The van der Waals surface area contributed by atoms with Crippen LogP contribution < -0.4 is 9.62 Å². The SMILES string of the molecule is Cc1ccccc1N(C)S(=O)(=O)c1cccc(C(=O)NCCCN2CCCCCC2)c1. The molecule has 0 atom stereocenters. The molecule has 2 aromatic carbocycles. The number of rotatable bonds is 8. The highest BCUT2D eigenvalue weighted by Gasteiger charge is 2.23. The molecular weight excluding hydrogens is 410 g/mol. The highest BCUT2D eigenvalue weighted by atomic mass is 32.2. The second-order valence-electron chi connectivity index (χ2n) is 8.15. The van der Waals surface area contributed by atoms with Gasteiger partial charge in [-0.05, 0) is 75.6 Å². The van der Waals surface area contributed by atoms with Crippen molar-refractivity contribution in [2.24, 2.45) is 0 Å². The molecule has 0 aromatic heterocycles. The summed E-state index contributed by atoms with van der Waals surface area (Å²) in [5.74, 6) is -0.244. The number of anilines is 1. The van der Waals surface area contributed by atoms with Gasteiger partial charge in [0.05, 0.1) is 10.6 Å². The minimum absolute atomic E-state index is 0.107. The Balaban J connectivity index is 1.61. The number of likely N-dealkylation sites (tertiary alicyclic amines) is 1. The summed E-state index contributed by atoms with van der Waals surface area (Å²) in [5.41, 5.74) is 1.84. The predicted octanol–water partition coefficient (Wildman–Crippen LogP) is 3.82. The van der Waals surface area contributed by atoms with Gasteiger partial charge in [0, 0.05) is 19.2 Å². The average molecular weight is 444 g/mol. The van der Waals surface area contributed by atoms with Crippen molar-refractivity contribution in [3.05, 3.63) is 59.7 Å². The Hall–Kier alpha value is -2.38. The first-order valence-electron chi connectivity index (χ1n) is 11.0. The van der Waals surface area contributed by atoms with Crippen LogP contribution in [0.3, 0.4) is 0 Å². The highest BCUT2D eigenvalue weighted by molar-refractivity contribution is 7.92. The largest absolute Gasteiger partial charge is 0.352 e. The van der Waals surface area contributed by atoms with Gasteiger partial charge in [0.1, 0.15) is 0 Å². The van der Waals surface area contributed by atoms with Gasteiger partial charge < -0.3 is 10.2 Å². The quantitative estimate of drug-likeness (QED) is 0.630. The number of hydrogen-bond acceptors (Lipinski definition) is 4. The molecule has 1 N–H and O–H groups in total. The van der Waals surface area contributed by atoms with Gasteiger partial charge in [0.15, 0.2) is 0 Å². The van der Waals surface area contributed by atoms with Gasteiger partial charge in [0.2, 0.25) is 0 Å². The van der Waals surface area contributed by atoms with Crippen molar-refractivity contribution < 1.29 is 13.2 Å². The molecule has 0 radical (unpaired) electrons. The number of hydrogen-bond donors (Lipinski definition) is 1. The topological polar surface area (TPSA) is 69.7 Å². The van der Waals surface area contributed by atoms with Crippen molar-refractivity contribution in [2.45, 2.75) is 43.9 Å². The van der Waals surface area contributed by atoms with Gasteiger partial charge >= 0.3 is 0 Å². The van der Waals surface area contributed by atoms with Crippen LogP contribution in [-0.4, -0.2) is 52.5 Å². The van der Waals surface area contributed by atoms with Gasteiger partial charge in [-0.1, -0.05) is 37.1 Å². The van der Waals surface area contributed by atoms with E-state index in [-0.39, 0.29) is 10.8 Å². The van der Waals surface area contributed by atoms with Crippen LogP contribution >= 0.6 is 0 Å². The van der Waals surface area contributed by atoms with E-state index < -0.39 is 10.0 Å². The van der Waals surface area contributed by atoms with Crippen molar-refractivity contribution in [3.8, 4) is 0 Å². The first-order valence-corrected chi connectivity index (χ1v) is 12.5. The molecule has 31 heavy (non-hydrogen) atoms. The molecule has 2 aromatic rings. The van der Waals surface area contributed by atoms with Crippen molar-refractivity contribution >= 4 is 21.6 Å². The fraction of sp³-hybridized carbons (Fsp3) is 0.458. The first kappa shape index (κ1) is 23.3. The van der Waals surface area contributed by atoms with Crippen molar-refractivity contribution in [1.29, 1.82) is 0 Å². The lowest BCUT2D eigenvalue weighted by Gasteiger charge is -2.21. The second-order valence-corrected chi connectivity index (χ2v) is 10.1. The molecule has 1 aliphatic rings. The summed E-state index contributed by atoms with van der Waals surface area (Å²) in [7, 11) is -2.23. The summed E-state index contributed by atoms with van der Waals surface area (Å²) < 4.78 is 27.5. The number of aryl methyl sites for hydroxylation is 1. The minimum atomic E-state index is -3.77. The maximum absolute atomic E-state index is 13.1. The third kappa shape index (κ3) is 6.08. The fourth-order valence-corrected chi connectivity index (χ4v) is 5.28. The zero-order valence-corrected chi connectivity index (χ0v) is 19.3. The number of nitrogens with zero attached hydrogens (tertiary/aromatic N) is 2. The first-order chi connectivity index (χ1) is 14.9. The van der Waals surface area contributed by atoms with Crippen LogP contribution in [0.25, 0.3) is 0 Å². The Bertz CT molecular complexity index is 983. The lowest BCUT2D eigenvalue weighted by molar-refractivity contribution is 0.0951. The third-order valence-electron chi connectivity index (χ3n) is 5.84. The molecule has 0 aliphatic carbocycles. The highest BCUT2D eigenvalue weighted by Crippen LogP contribution is 2.25. The molecule has 1 amide bonds. The molecule has 0 spiro atoms. The number of carbonyl (C=O) groups is 1. The predicted molar refractivity (Wildman–Crippen MR) is 125 cm³/mol. The van der Waals surface area contributed by atoms with Gasteiger partial charge in [-0.2, -0.15) is 0 Å². The van der Waals surface area contributed by atoms with Gasteiger partial charge in [-0.3, -0.25) is 9.10 Å². The van der Waals surface area contributed by atoms with Crippen molar-refractivity contribution in [2.75, 3.05) is 37.5 Å². The van der Waals surface area contributed by atoms with E-state index in [9.17, 15) is 13.2 Å². The summed E-state index contributed by atoms with van der Waals surface area (Å²) in [6.07, 6.45) is 6.02. The molecule has 1 aliphatic heterocycles. The summed E-state index contributed by atoms with van der Waals surface area (Å²) in [6.45, 7) is 5.71. The van der Waals surface area contributed by atoms with E-state index in [0.717, 1.165) is 31.6 Å². The van der Waals surface area contributed by atoms with E-state index in [1.54, 1.807) is 18.2 Å². The minimum Gasteiger partial charge on any atom is -0.352 e.